The Labute approximate surface area is 115 Å². The maximum Gasteiger partial charge on any atom is 0.315 e. The minimum absolute atomic E-state index is 0.0943. The predicted octanol–water partition coefficient (Wildman–Crippen LogP) is 2.09. The van der Waals surface area contributed by atoms with E-state index < -0.39 is 5.91 Å². The predicted molar refractivity (Wildman–Crippen MR) is 70.2 cm³/mol. The van der Waals surface area contributed by atoms with Gasteiger partial charge in [0.05, 0.1) is 12.2 Å². The zero-order valence-electron chi connectivity index (χ0n) is 10.6. The highest BCUT2D eigenvalue weighted by Crippen LogP contribution is 2.48. The van der Waals surface area contributed by atoms with Crippen molar-refractivity contribution in [3.05, 3.63) is 54.0 Å². The van der Waals surface area contributed by atoms with Crippen molar-refractivity contribution < 1.29 is 18.7 Å². The van der Waals surface area contributed by atoms with E-state index in [4.69, 9.17) is 14.9 Å². The summed E-state index contributed by atoms with van der Waals surface area (Å²) in [6.45, 7) is 0. The van der Waals surface area contributed by atoms with E-state index >= 15 is 0 Å². The van der Waals surface area contributed by atoms with Gasteiger partial charge in [0.25, 0.3) is 0 Å². The van der Waals surface area contributed by atoms with Crippen molar-refractivity contribution in [1.29, 1.82) is 0 Å². The highest BCUT2D eigenvalue weighted by atomic mass is 16.5. The van der Waals surface area contributed by atoms with Gasteiger partial charge >= 0.3 is 5.97 Å². The first kappa shape index (κ1) is 12.5. The van der Waals surface area contributed by atoms with E-state index in [0.717, 1.165) is 12.2 Å². The zero-order chi connectivity index (χ0) is 14.1. The number of nitrogens with two attached hydrogens (primary N) is 1. The van der Waals surface area contributed by atoms with Crippen LogP contribution in [0.1, 0.15) is 28.5 Å². The number of carbonyl (C=O) groups excluding carboxylic acids is 2. The minimum atomic E-state index is -0.553. The molecule has 0 aliphatic heterocycles. The maximum absolute atomic E-state index is 12.0. The monoisotopic (exact) mass is 271 g/mol. The second kappa shape index (κ2) is 4.85. The molecule has 2 N–H and O–H groups in total. The zero-order valence-corrected chi connectivity index (χ0v) is 10.6. The maximum atomic E-state index is 12.0. The quantitative estimate of drug-likeness (QED) is 0.681. The van der Waals surface area contributed by atoms with E-state index in [-0.39, 0.29) is 17.8 Å². The largest absolute Gasteiger partial charge is 0.469 e. The summed E-state index contributed by atoms with van der Waals surface area (Å²) in [6, 6.07) is 9.93. The van der Waals surface area contributed by atoms with E-state index in [1.54, 1.807) is 30.5 Å². The highest BCUT2D eigenvalue weighted by molar-refractivity contribution is 5.93. The second-order valence-electron chi connectivity index (χ2n) is 4.78. The number of esters is 1. The molecule has 1 amide bonds. The summed E-state index contributed by atoms with van der Waals surface area (Å²) in [4.78, 5) is 23.0. The molecule has 102 valence electrons. The topological polar surface area (TPSA) is 82.5 Å². The van der Waals surface area contributed by atoms with Crippen LogP contribution in [0.5, 0.6) is 5.75 Å². The Bertz CT molecular complexity index is 648. The van der Waals surface area contributed by atoms with Gasteiger partial charge in [0.1, 0.15) is 11.5 Å². The molecule has 20 heavy (non-hydrogen) atoms. The van der Waals surface area contributed by atoms with Gasteiger partial charge in [-0.05, 0) is 36.8 Å². The molecule has 1 aromatic heterocycles. The van der Waals surface area contributed by atoms with Crippen molar-refractivity contribution in [2.24, 2.45) is 11.7 Å². The molecule has 3 rings (SSSR count). The first-order chi connectivity index (χ1) is 9.65. The van der Waals surface area contributed by atoms with E-state index in [9.17, 15) is 9.59 Å². The average molecular weight is 271 g/mol. The molecule has 0 saturated heterocycles. The lowest BCUT2D eigenvalue weighted by Gasteiger charge is -2.04. The third-order valence-corrected chi connectivity index (χ3v) is 3.34. The molecule has 5 heteroatoms. The molecule has 1 heterocycles. The van der Waals surface area contributed by atoms with E-state index in [0.29, 0.717) is 11.3 Å². The normalized spacial score (nSPS) is 20.4. The standard InChI is InChI=1S/C15H13NO4/c16-14(17)9-3-1-4-10(7-9)20-15(18)12-8-11(12)13-5-2-6-19-13/h1-7,11-12H,8H2,(H2,16,17). The Morgan fingerprint density at radius 3 is 2.80 bits per heavy atom. The molecular weight excluding hydrogens is 258 g/mol. The van der Waals surface area contributed by atoms with Gasteiger partial charge < -0.3 is 14.9 Å². The van der Waals surface area contributed by atoms with Gasteiger partial charge in [0.15, 0.2) is 0 Å². The summed E-state index contributed by atoms with van der Waals surface area (Å²) in [5.74, 6) is 0.181. The number of amides is 1. The van der Waals surface area contributed by atoms with Gasteiger partial charge in [-0.3, -0.25) is 9.59 Å². The third-order valence-electron chi connectivity index (χ3n) is 3.34. The molecule has 0 spiro atoms. The van der Waals surface area contributed by atoms with Gasteiger partial charge in [-0.15, -0.1) is 0 Å². The minimum Gasteiger partial charge on any atom is -0.469 e. The van der Waals surface area contributed by atoms with Gasteiger partial charge in [-0.2, -0.15) is 0 Å². The van der Waals surface area contributed by atoms with Crippen LogP contribution < -0.4 is 10.5 Å². The van der Waals surface area contributed by atoms with Crippen LogP contribution >= 0.6 is 0 Å². The van der Waals surface area contributed by atoms with Crippen LogP contribution in [0.4, 0.5) is 0 Å². The molecule has 1 fully saturated rings. The summed E-state index contributed by atoms with van der Waals surface area (Å²) < 4.78 is 10.5. The van der Waals surface area contributed by atoms with Crippen molar-refractivity contribution in [2.45, 2.75) is 12.3 Å². The number of carbonyl (C=O) groups is 2. The fraction of sp³-hybridized carbons (Fsp3) is 0.200. The summed E-state index contributed by atoms with van der Waals surface area (Å²) in [7, 11) is 0. The van der Waals surface area contributed by atoms with Crippen LogP contribution in [0.15, 0.2) is 47.1 Å². The molecule has 1 aliphatic carbocycles. The number of hydrogen-bond acceptors (Lipinski definition) is 4. The molecule has 5 nitrogen and oxygen atoms in total. The van der Waals surface area contributed by atoms with Crippen LogP contribution in [-0.2, 0) is 4.79 Å². The lowest BCUT2D eigenvalue weighted by atomic mass is 10.2. The van der Waals surface area contributed by atoms with Gasteiger partial charge in [-0.25, -0.2) is 0 Å². The Morgan fingerprint density at radius 2 is 2.10 bits per heavy atom. The Kier molecular flexibility index (Phi) is 3.02. The number of hydrogen-bond donors (Lipinski definition) is 1. The molecular formula is C15H13NO4. The molecule has 1 saturated carbocycles. The van der Waals surface area contributed by atoms with Crippen molar-refractivity contribution >= 4 is 11.9 Å². The summed E-state index contributed by atoms with van der Waals surface area (Å²) in [6.07, 6.45) is 2.31. The summed E-state index contributed by atoms with van der Waals surface area (Å²) in [5, 5.41) is 0. The van der Waals surface area contributed by atoms with E-state index in [1.165, 1.54) is 6.07 Å². The SMILES string of the molecule is NC(=O)c1cccc(OC(=O)C2CC2c2ccco2)c1. The lowest BCUT2D eigenvalue weighted by molar-refractivity contribution is -0.136. The molecule has 2 aromatic rings. The van der Waals surface area contributed by atoms with E-state index in [2.05, 4.69) is 0 Å². The van der Waals surface area contributed by atoms with Crippen molar-refractivity contribution in [1.82, 2.24) is 0 Å². The molecule has 2 atom stereocenters. The van der Waals surface area contributed by atoms with E-state index in [1.807, 2.05) is 6.07 Å². The van der Waals surface area contributed by atoms with Crippen molar-refractivity contribution in [2.75, 3.05) is 0 Å². The van der Waals surface area contributed by atoms with Crippen molar-refractivity contribution in [3.8, 4) is 5.75 Å². The molecule has 0 radical (unpaired) electrons. The summed E-state index contributed by atoms with van der Waals surface area (Å²) in [5.41, 5.74) is 5.49. The van der Waals surface area contributed by atoms with Crippen LogP contribution in [0.2, 0.25) is 0 Å². The van der Waals surface area contributed by atoms with Gasteiger partial charge in [0, 0.05) is 11.5 Å². The summed E-state index contributed by atoms with van der Waals surface area (Å²) >= 11 is 0. The number of benzene rings is 1. The number of furan rings is 1. The molecule has 1 aromatic carbocycles. The fourth-order valence-electron chi connectivity index (χ4n) is 2.18. The average Bonchev–Trinajstić information content (AvgIpc) is 3.05. The van der Waals surface area contributed by atoms with Crippen LogP contribution in [-0.4, -0.2) is 11.9 Å². The number of ether oxygens (including phenoxy) is 1. The smallest absolute Gasteiger partial charge is 0.315 e. The molecule has 0 bridgehead atoms. The Hall–Kier alpha value is -2.56. The third kappa shape index (κ3) is 2.42. The van der Waals surface area contributed by atoms with Crippen LogP contribution in [0.3, 0.4) is 0 Å². The lowest BCUT2D eigenvalue weighted by Crippen LogP contribution is -2.13. The van der Waals surface area contributed by atoms with Crippen LogP contribution in [0, 0.1) is 5.92 Å². The van der Waals surface area contributed by atoms with Gasteiger partial charge in [0.2, 0.25) is 5.91 Å². The highest BCUT2D eigenvalue weighted by Gasteiger charge is 2.47. The first-order valence-corrected chi connectivity index (χ1v) is 6.30. The molecule has 2 unspecified atom stereocenters. The van der Waals surface area contributed by atoms with Gasteiger partial charge in [-0.1, -0.05) is 6.07 Å². The van der Waals surface area contributed by atoms with Crippen LogP contribution in [0.25, 0.3) is 0 Å². The number of primary amides is 1. The Morgan fingerprint density at radius 1 is 1.25 bits per heavy atom. The number of rotatable bonds is 4. The molecule has 1 aliphatic rings. The Balaban J connectivity index is 1.66. The first-order valence-electron chi connectivity index (χ1n) is 6.30. The second-order valence-corrected chi connectivity index (χ2v) is 4.78. The van der Waals surface area contributed by atoms with Crippen molar-refractivity contribution in [3.63, 3.8) is 0 Å². The fourth-order valence-corrected chi connectivity index (χ4v) is 2.18.